The minimum absolute atomic E-state index is 0.125. The first kappa shape index (κ1) is 20.6. The number of H-pyrrole nitrogens is 1. The number of benzene rings is 3. The van der Waals surface area contributed by atoms with Gasteiger partial charge >= 0.3 is 0 Å². The summed E-state index contributed by atoms with van der Waals surface area (Å²) in [5.41, 5.74) is 2.16. The van der Waals surface area contributed by atoms with E-state index in [9.17, 15) is 17.6 Å². The Morgan fingerprint density at radius 1 is 0.968 bits per heavy atom. The highest BCUT2D eigenvalue weighted by molar-refractivity contribution is 7.92. The molecule has 0 unspecified atom stereocenters. The molecule has 31 heavy (non-hydrogen) atoms. The van der Waals surface area contributed by atoms with E-state index in [0.717, 1.165) is 22.5 Å². The van der Waals surface area contributed by atoms with E-state index in [1.54, 1.807) is 0 Å². The highest BCUT2D eigenvalue weighted by atomic mass is 32.2. The third-order valence-electron chi connectivity index (χ3n) is 4.88. The number of aromatic nitrogens is 1. The second-order valence-electron chi connectivity index (χ2n) is 6.98. The normalized spacial score (nSPS) is 11.4. The number of halogens is 1. The van der Waals surface area contributed by atoms with E-state index in [1.165, 1.54) is 42.5 Å². The maximum absolute atomic E-state index is 13.8. The number of carbonyl (C=O) groups excluding carboxylic acids is 1. The van der Waals surface area contributed by atoms with E-state index in [-0.39, 0.29) is 22.1 Å². The Morgan fingerprint density at radius 2 is 1.74 bits per heavy atom. The zero-order valence-electron chi connectivity index (χ0n) is 16.4. The highest BCUT2D eigenvalue weighted by Gasteiger charge is 2.18. The van der Waals surface area contributed by atoms with Gasteiger partial charge in [-0.05, 0) is 48.4 Å². The van der Waals surface area contributed by atoms with Gasteiger partial charge in [0.05, 0.1) is 10.6 Å². The Labute approximate surface area is 179 Å². The molecule has 0 aliphatic rings. The molecule has 1 aromatic heterocycles. The lowest BCUT2D eigenvalue weighted by molar-refractivity contribution is 0.0954. The van der Waals surface area contributed by atoms with Gasteiger partial charge in [0.15, 0.2) is 0 Å². The second kappa shape index (κ2) is 8.61. The van der Waals surface area contributed by atoms with Gasteiger partial charge in [0.2, 0.25) is 0 Å². The van der Waals surface area contributed by atoms with Gasteiger partial charge in [0.1, 0.15) is 5.82 Å². The first-order valence-corrected chi connectivity index (χ1v) is 11.1. The number of hydrogen-bond acceptors (Lipinski definition) is 3. The van der Waals surface area contributed by atoms with E-state index >= 15 is 0 Å². The van der Waals surface area contributed by atoms with E-state index in [1.807, 2.05) is 30.5 Å². The molecule has 1 amide bonds. The van der Waals surface area contributed by atoms with E-state index in [0.29, 0.717) is 13.0 Å². The summed E-state index contributed by atoms with van der Waals surface area (Å²) >= 11 is 0. The lowest BCUT2D eigenvalue weighted by Crippen LogP contribution is -2.26. The predicted octanol–water partition coefficient (Wildman–Crippen LogP) is 4.08. The van der Waals surface area contributed by atoms with Crippen LogP contribution < -0.4 is 10.0 Å². The average Bonchev–Trinajstić information content (AvgIpc) is 3.18. The van der Waals surface area contributed by atoms with E-state index < -0.39 is 15.8 Å². The number of anilines is 1. The SMILES string of the molecule is O=C(NCCc1c[nH]c2ccccc12)c1cccc(S(=O)(=O)Nc2ccccc2F)c1. The van der Waals surface area contributed by atoms with Crippen LogP contribution in [0.3, 0.4) is 0 Å². The predicted molar refractivity (Wildman–Crippen MR) is 118 cm³/mol. The Balaban J connectivity index is 1.43. The molecule has 0 saturated heterocycles. The molecule has 3 N–H and O–H groups in total. The van der Waals surface area contributed by atoms with E-state index in [4.69, 9.17) is 0 Å². The Kier molecular flexibility index (Phi) is 5.73. The number of carbonyl (C=O) groups is 1. The first-order chi connectivity index (χ1) is 14.9. The molecule has 4 rings (SSSR count). The number of fused-ring (bicyclic) bond motifs is 1. The molecule has 4 aromatic rings. The molecule has 0 bridgehead atoms. The van der Waals surface area contributed by atoms with Crippen molar-refractivity contribution in [2.75, 3.05) is 11.3 Å². The van der Waals surface area contributed by atoms with Crippen LogP contribution in [-0.4, -0.2) is 25.9 Å². The average molecular weight is 437 g/mol. The fraction of sp³-hybridized carbons (Fsp3) is 0.0870. The fourth-order valence-electron chi connectivity index (χ4n) is 3.30. The zero-order chi connectivity index (χ0) is 21.8. The molecule has 3 aromatic carbocycles. The molecule has 8 heteroatoms. The fourth-order valence-corrected chi connectivity index (χ4v) is 4.42. The molecule has 0 spiro atoms. The monoisotopic (exact) mass is 437 g/mol. The van der Waals surface area contributed by atoms with Crippen molar-refractivity contribution in [2.24, 2.45) is 0 Å². The van der Waals surface area contributed by atoms with Gasteiger partial charge in [-0.1, -0.05) is 36.4 Å². The standard InChI is InChI=1S/C23H20FN3O3S/c24-20-9-2-4-11-22(20)27-31(29,30)18-7-5-6-16(14-18)23(28)25-13-12-17-15-26-21-10-3-1-8-19(17)21/h1-11,14-15,26-27H,12-13H2,(H,25,28). The molecule has 1 heterocycles. The van der Waals surface area contributed by atoms with Crippen molar-refractivity contribution < 1.29 is 17.6 Å². The molecule has 6 nitrogen and oxygen atoms in total. The molecule has 0 radical (unpaired) electrons. The van der Waals surface area contributed by atoms with Crippen LogP contribution in [-0.2, 0) is 16.4 Å². The quantitative estimate of drug-likeness (QED) is 0.407. The van der Waals surface area contributed by atoms with Crippen molar-refractivity contribution in [2.45, 2.75) is 11.3 Å². The zero-order valence-corrected chi connectivity index (χ0v) is 17.2. The largest absolute Gasteiger partial charge is 0.361 e. The van der Waals surface area contributed by atoms with Gasteiger partial charge in [-0.3, -0.25) is 9.52 Å². The summed E-state index contributed by atoms with van der Waals surface area (Å²) in [5, 5.41) is 3.91. The highest BCUT2D eigenvalue weighted by Crippen LogP contribution is 2.20. The minimum atomic E-state index is -4.05. The van der Waals surface area contributed by atoms with Crippen LogP contribution in [0.4, 0.5) is 10.1 Å². The minimum Gasteiger partial charge on any atom is -0.361 e. The van der Waals surface area contributed by atoms with Gasteiger partial charge in [-0.15, -0.1) is 0 Å². The molecule has 0 atom stereocenters. The van der Waals surface area contributed by atoms with Crippen LogP contribution in [0.15, 0.2) is 83.9 Å². The summed E-state index contributed by atoms with van der Waals surface area (Å²) in [6.45, 7) is 0.394. The van der Waals surface area contributed by atoms with E-state index in [2.05, 4.69) is 15.0 Å². The summed E-state index contributed by atoms with van der Waals surface area (Å²) < 4.78 is 41.2. The Hall–Kier alpha value is -3.65. The van der Waals surface area contributed by atoms with Crippen LogP contribution in [0.25, 0.3) is 10.9 Å². The number of aromatic amines is 1. The summed E-state index contributed by atoms with van der Waals surface area (Å²) in [6, 6.07) is 19.0. The van der Waals surface area contributed by atoms with Crippen LogP contribution in [0.5, 0.6) is 0 Å². The maximum Gasteiger partial charge on any atom is 0.262 e. The first-order valence-electron chi connectivity index (χ1n) is 9.65. The number of hydrogen-bond donors (Lipinski definition) is 3. The van der Waals surface area contributed by atoms with Crippen molar-refractivity contribution in [3.63, 3.8) is 0 Å². The number of para-hydroxylation sites is 2. The van der Waals surface area contributed by atoms with Gasteiger partial charge in [0, 0.05) is 29.2 Å². The summed E-state index contributed by atoms with van der Waals surface area (Å²) in [5.74, 6) is -1.07. The third kappa shape index (κ3) is 4.59. The lowest BCUT2D eigenvalue weighted by Gasteiger charge is -2.10. The van der Waals surface area contributed by atoms with Crippen LogP contribution in [0.2, 0.25) is 0 Å². The Bertz CT molecular complexity index is 1350. The number of rotatable bonds is 7. The third-order valence-corrected chi connectivity index (χ3v) is 6.24. The number of sulfonamides is 1. The van der Waals surface area contributed by atoms with Crippen molar-refractivity contribution in [1.29, 1.82) is 0 Å². The van der Waals surface area contributed by atoms with Crippen molar-refractivity contribution >= 4 is 32.5 Å². The topological polar surface area (TPSA) is 91.1 Å². The number of amides is 1. The van der Waals surface area contributed by atoms with Gasteiger partial charge in [0.25, 0.3) is 15.9 Å². The van der Waals surface area contributed by atoms with Crippen LogP contribution >= 0.6 is 0 Å². The summed E-state index contributed by atoms with van der Waals surface area (Å²) in [6.07, 6.45) is 2.54. The lowest BCUT2D eigenvalue weighted by atomic mass is 10.1. The van der Waals surface area contributed by atoms with Gasteiger partial charge in [-0.25, -0.2) is 12.8 Å². The molecule has 0 aliphatic heterocycles. The number of nitrogens with one attached hydrogen (secondary N) is 3. The molecular formula is C23H20FN3O3S. The molecule has 0 saturated carbocycles. The van der Waals surface area contributed by atoms with Crippen molar-refractivity contribution in [3.05, 3.63) is 95.9 Å². The molecule has 0 aliphatic carbocycles. The molecule has 0 fully saturated rings. The molecule has 158 valence electrons. The van der Waals surface area contributed by atoms with Gasteiger partial charge < -0.3 is 10.3 Å². The molecular weight excluding hydrogens is 417 g/mol. The Morgan fingerprint density at radius 3 is 2.58 bits per heavy atom. The summed E-state index contributed by atoms with van der Waals surface area (Å²) in [7, 11) is -4.05. The maximum atomic E-state index is 13.8. The van der Waals surface area contributed by atoms with Crippen molar-refractivity contribution in [1.82, 2.24) is 10.3 Å². The summed E-state index contributed by atoms with van der Waals surface area (Å²) in [4.78, 5) is 15.6. The van der Waals surface area contributed by atoms with Crippen LogP contribution in [0.1, 0.15) is 15.9 Å². The second-order valence-corrected chi connectivity index (χ2v) is 8.66. The van der Waals surface area contributed by atoms with Crippen molar-refractivity contribution in [3.8, 4) is 0 Å². The van der Waals surface area contributed by atoms with Crippen LogP contribution in [0, 0.1) is 5.82 Å². The van der Waals surface area contributed by atoms with Gasteiger partial charge in [-0.2, -0.15) is 0 Å². The smallest absolute Gasteiger partial charge is 0.262 e.